The van der Waals surface area contributed by atoms with E-state index >= 15 is 0 Å². The van der Waals surface area contributed by atoms with Crippen molar-refractivity contribution >= 4 is 29.4 Å². The van der Waals surface area contributed by atoms with Gasteiger partial charge in [0.2, 0.25) is 11.8 Å². The number of carboxylic acids is 1. The van der Waals surface area contributed by atoms with Crippen molar-refractivity contribution in [3.05, 3.63) is 94.0 Å². The van der Waals surface area contributed by atoms with Crippen LogP contribution in [0.4, 0.5) is 5.69 Å². The molecule has 6 rings (SSSR count). The molecule has 2 fully saturated rings. The number of piperazine rings is 2. The number of aromatic carboxylic acids is 1. The van der Waals surface area contributed by atoms with Crippen LogP contribution in [-0.4, -0.2) is 127 Å². The number of rotatable bonds is 14. The molecular weight excluding hydrogens is 803 g/mol. The number of anilines is 1. The summed E-state index contributed by atoms with van der Waals surface area (Å²) in [6.07, 6.45) is 7.59. The zero-order chi connectivity index (χ0) is 46.4. The number of benzene rings is 3. The molecule has 3 aromatic carbocycles. The lowest BCUT2D eigenvalue weighted by atomic mass is 9.92. The van der Waals surface area contributed by atoms with Gasteiger partial charge in [0.1, 0.15) is 5.75 Å². The molecule has 3 aromatic rings. The summed E-state index contributed by atoms with van der Waals surface area (Å²) in [6.45, 7) is 28.3. The van der Waals surface area contributed by atoms with Crippen molar-refractivity contribution in [2.75, 3.05) is 83.5 Å². The third-order valence-electron chi connectivity index (χ3n) is 12.8. The average Bonchev–Trinajstić information content (AvgIpc) is 3.48. The maximum Gasteiger partial charge on any atom is 0.335 e. The molecule has 0 spiro atoms. The molecule has 3 amide bonds. The predicted molar refractivity (Wildman–Crippen MR) is 258 cm³/mol. The van der Waals surface area contributed by atoms with E-state index in [1.807, 2.05) is 64.1 Å². The highest BCUT2D eigenvalue weighted by molar-refractivity contribution is 6.07. The molecule has 11 heteroatoms. The molecule has 0 bridgehead atoms. The molecule has 11 nitrogen and oxygen atoms in total. The van der Waals surface area contributed by atoms with Gasteiger partial charge in [-0.05, 0) is 141 Å². The standard InChI is InChI=1S/C31H43N3O3.C22H34N2O3/c1-24-23-26(30(36)34-16-8-22-37-28-11-6-5-10-27(28)34)14-13-25(24)9-7-12-29(35)33-20-18-32(19-21-33)17-15-31(2,3)4;1-17-16-19(21(26)27)9-8-18(17)6-5-7-20(25)24-14-12-23(13-15-24)11-10-22(2,3)4/h5-6,10-11,13-14,23H,7-9,12,15-22H2,1-4H3;8-9,16H,5-7,10-15H2,1-4H3,(H,26,27). The number of hydrogen-bond acceptors (Lipinski definition) is 7. The summed E-state index contributed by atoms with van der Waals surface area (Å²) in [5.74, 6) is 0.371. The van der Waals surface area contributed by atoms with Gasteiger partial charge in [-0.1, -0.05) is 65.8 Å². The summed E-state index contributed by atoms with van der Waals surface area (Å²) >= 11 is 0. The highest BCUT2D eigenvalue weighted by atomic mass is 16.5. The van der Waals surface area contributed by atoms with Gasteiger partial charge in [0.05, 0.1) is 17.9 Å². The quantitative estimate of drug-likeness (QED) is 0.171. The molecule has 0 atom stereocenters. The zero-order valence-electron chi connectivity index (χ0n) is 40.3. The molecule has 0 saturated carbocycles. The summed E-state index contributed by atoms with van der Waals surface area (Å²) in [4.78, 5) is 60.5. The maximum atomic E-state index is 13.4. The van der Waals surface area contributed by atoms with Crippen molar-refractivity contribution in [2.45, 2.75) is 113 Å². The third kappa shape index (κ3) is 15.8. The Hall–Kier alpha value is -4.74. The summed E-state index contributed by atoms with van der Waals surface area (Å²) in [7, 11) is 0. The number of amides is 3. The van der Waals surface area contributed by atoms with Crippen LogP contribution in [0.5, 0.6) is 5.75 Å². The van der Waals surface area contributed by atoms with Crippen LogP contribution >= 0.6 is 0 Å². The molecule has 2 saturated heterocycles. The predicted octanol–water partition coefficient (Wildman–Crippen LogP) is 8.92. The minimum absolute atomic E-state index is 0.00409. The van der Waals surface area contributed by atoms with Gasteiger partial charge in [-0.2, -0.15) is 0 Å². The normalized spacial score (nSPS) is 16.3. The highest BCUT2D eigenvalue weighted by Crippen LogP contribution is 2.32. The number of para-hydroxylation sites is 2. The van der Waals surface area contributed by atoms with Gasteiger partial charge in [0.15, 0.2) is 0 Å². The lowest BCUT2D eigenvalue weighted by Gasteiger charge is -2.36. The number of fused-ring (bicyclic) bond motifs is 1. The van der Waals surface area contributed by atoms with E-state index in [1.54, 1.807) is 12.1 Å². The van der Waals surface area contributed by atoms with Crippen molar-refractivity contribution in [2.24, 2.45) is 10.8 Å². The fourth-order valence-electron chi connectivity index (χ4n) is 8.52. The molecule has 64 heavy (non-hydrogen) atoms. The molecule has 1 N–H and O–H groups in total. The molecule has 0 radical (unpaired) electrons. The average molecular weight is 880 g/mol. The Morgan fingerprint density at radius 1 is 0.609 bits per heavy atom. The van der Waals surface area contributed by atoms with Crippen molar-refractivity contribution in [3.63, 3.8) is 0 Å². The number of carbonyl (C=O) groups excluding carboxylic acids is 3. The summed E-state index contributed by atoms with van der Waals surface area (Å²) in [5.41, 5.74) is 6.96. The summed E-state index contributed by atoms with van der Waals surface area (Å²) in [6, 6.07) is 18.9. The molecule has 350 valence electrons. The van der Waals surface area contributed by atoms with E-state index in [0.717, 1.165) is 126 Å². The van der Waals surface area contributed by atoms with Crippen molar-refractivity contribution in [1.29, 1.82) is 0 Å². The molecule has 3 aliphatic heterocycles. The highest BCUT2D eigenvalue weighted by Gasteiger charge is 2.26. The first-order valence-electron chi connectivity index (χ1n) is 23.8. The van der Waals surface area contributed by atoms with E-state index in [2.05, 4.69) is 64.3 Å². The first-order valence-corrected chi connectivity index (χ1v) is 23.8. The number of hydrogen-bond donors (Lipinski definition) is 1. The summed E-state index contributed by atoms with van der Waals surface area (Å²) < 4.78 is 5.82. The van der Waals surface area contributed by atoms with Crippen LogP contribution in [0, 0.1) is 24.7 Å². The Morgan fingerprint density at radius 3 is 1.55 bits per heavy atom. The second-order valence-corrected chi connectivity index (χ2v) is 20.5. The van der Waals surface area contributed by atoms with Gasteiger partial charge >= 0.3 is 5.97 Å². The van der Waals surface area contributed by atoms with Crippen LogP contribution < -0.4 is 9.64 Å². The van der Waals surface area contributed by atoms with Gasteiger partial charge in [-0.3, -0.25) is 24.2 Å². The second kappa shape index (κ2) is 23.4. The third-order valence-corrected chi connectivity index (χ3v) is 12.8. The lowest BCUT2D eigenvalue weighted by molar-refractivity contribution is -0.133. The molecule has 3 heterocycles. The maximum absolute atomic E-state index is 13.4. The van der Waals surface area contributed by atoms with Gasteiger partial charge in [0, 0.05) is 77.3 Å². The Bertz CT molecular complexity index is 2020. The van der Waals surface area contributed by atoms with Crippen molar-refractivity contribution < 1.29 is 29.0 Å². The van der Waals surface area contributed by atoms with Gasteiger partial charge < -0.3 is 24.5 Å². The van der Waals surface area contributed by atoms with E-state index in [1.165, 1.54) is 18.4 Å². The SMILES string of the molecule is Cc1cc(C(=O)N2CCCOc3ccccc32)ccc1CCCC(=O)N1CCN(CCC(C)(C)C)CC1.Cc1cc(C(=O)O)ccc1CCCC(=O)N1CCN(CCC(C)(C)C)CC1. The largest absolute Gasteiger partial charge is 0.491 e. The Morgan fingerprint density at radius 2 is 1.08 bits per heavy atom. The van der Waals surface area contributed by atoms with E-state index < -0.39 is 5.97 Å². The lowest BCUT2D eigenvalue weighted by Crippen LogP contribution is -2.49. The minimum atomic E-state index is -0.901. The monoisotopic (exact) mass is 880 g/mol. The molecule has 0 unspecified atom stereocenters. The number of nitrogens with zero attached hydrogens (tertiary/aromatic N) is 5. The number of ether oxygens (including phenoxy) is 1. The van der Waals surface area contributed by atoms with Crippen LogP contribution in [0.2, 0.25) is 0 Å². The van der Waals surface area contributed by atoms with Gasteiger partial charge in [0.25, 0.3) is 5.91 Å². The second-order valence-electron chi connectivity index (χ2n) is 20.5. The fraction of sp³-hybridized carbons (Fsp3) is 0.585. The number of carbonyl (C=O) groups is 4. The van der Waals surface area contributed by atoms with Gasteiger partial charge in [-0.15, -0.1) is 0 Å². The van der Waals surface area contributed by atoms with Crippen LogP contribution in [0.25, 0.3) is 0 Å². The van der Waals surface area contributed by atoms with E-state index in [4.69, 9.17) is 9.84 Å². The Balaban J connectivity index is 0.000000254. The fourth-order valence-corrected chi connectivity index (χ4v) is 8.52. The zero-order valence-corrected chi connectivity index (χ0v) is 40.3. The van der Waals surface area contributed by atoms with Gasteiger partial charge in [-0.25, -0.2) is 4.79 Å². The summed E-state index contributed by atoms with van der Waals surface area (Å²) in [5, 5.41) is 9.03. The Kier molecular flexibility index (Phi) is 18.4. The van der Waals surface area contributed by atoms with Crippen LogP contribution in [0.3, 0.4) is 0 Å². The smallest absolute Gasteiger partial charge is 0.335 e. The molecule has 0 aromatic heterocycles. The number of carboxylic acid groups (broad SMARTS) is 1. The van der Waals surface area contributed by atoms with Crippen LogP contribution in [0.15, 0.2) is 60.7 Å². The molecule has 3 aliphatic rings. The molecule has 0 aliphatic carbocycles. The van der Waals surface area contributed by atoms with Crippen molar-refractivity contribution in [3.8, 4) is 5.75 Å². The van der Waals surface area contributed by atoms with E-state index in [0.29, 0.717) is 48.0 Å². The topological polar surface area (TPSA) is 114 Å². The first kappa shape index (κ1) is 50.3. The molecular formula is C53H77N5O6. The van der Waals surface area contributed by atoms with Crippen LogP contribution in [-0.2, 0) is 22.4 Å². The first-order chi connectivity index (χ1) is 30.4. The van der Waals surface area contributed by atoms with E-state index in [-0.39, 0.29) is 17.7 Å². The Labute approximate surface area is 384 Å². The minimum Gasteiger partial charge on any atom is -0.491 e. The van der Waals surface area contributed by atoms with E-state index in [9.17, 15) is 19.2 Å². The number of aryl methyl sites for hydroxylation is 4. The van der Waals surface area contributed by atoms with Crippen LogP contribution in [0.1, 0.15) is 129 Å². The van der Waals surface area contributed by atoms with Crippen molar-refractivity contribution in [1.82, 2.24) is 19.6 Å².